The highest BCUT2D eigenvalue weighted by molar-refractivity contribution is 5.74. The second-order valence-corrected chi connectivity index (χ2v) is 2.66. The lowest BCUT2D eigenvalue weighted by Crippen LogP contribution is -1.95. The van der Waals surface area contributed by atoms with Gasteiger partial charge in [-0.2, -0.15) is 4.98 Å². The summed E-state index contributed by atoms with van der Waals surface area (Å²) in [6.45, 7) is 2.67. The van der Waals surface area contributed by atoms with Gasteiger partial charge in [0, 0.05) is 12.6 Å². The number of aromatic nitrogens is 1. The Kier molecular flexibility index (Phi) is 1.88. The van der Waals surface area contributed by atoms with E-state index in [4.69, 9.17) is 4.42 Å². The van der Waals surface area contributed by atoms with E-state index in [0.29, 0.717) is 17.1 Å². The molecule has 0 aliphatic rings. The predicted octanol–water partition coefficient (Wildman–Crippen LogP) is 2.40. The highest BCUT2D eigenvalue weighted by atomic mass is 19.1. The smallest absolute Gasteiger partial charge is 0.295 e. The number of anilines is 1. The summed E-state index contributed by atoms with van der Waals surface area (Å²) in [5.41, 5.74) is 1.13. The zero-order chi connectivity index (χ0) is 9.26. The van der Waals surface area contributed by atoms with Crippen LogP contribution >= 0.6 is 0 Å². The Morgan fingerprint density at radius 1 is 1.54 bits per heavy atom. The van der Waals surface area contributed by atoms with E-state index < -0.39 is 0 Å². The summed E-state index contributed by atoms with van der Waals surface area (Å²) in [6.07, 6.45) is 0. The van der Waals surface area contributed by atoms with Gasteiger partial charge < -0.3 is 9.73 Å². The molecule has 2 rings (SSSR count). The molecule has 1 aromatic carbocycles. The van der Waals surface area contributed by atoms with Gasteiger partial charge in [-0.1, -0.05) is 0 Å². The maximum atomic E-state index is 12.7. The lowest BCUT2D eigenvalue weighted by molar-refractivity contribution is 0.611. The molecule has 0 amide bonds. The van der Waals surface area contributed by atoms with Gasteiger partial charge in [0.15, 0.2) is 5.58 Å². The Labute approximate surface area is 74.6 Å². The van der Waals surface area contributed by atoms with Crippen LogP contribution in [0.1, 0.15) is 6.92 Å². The van der Waals surface area contributed by atoms with Crippen molar-refractivity contribution in [1.29, 1.82) is 0 Å². The van der Waals surface area contributed by atoms with E-state index in [1.54, 1.807) is 6.07 Å². The third kappa shape index (κ3) is 1.47. The molecule has 0 saturated heterocycles. The number of hydrogen-bond donors (Lipinski definition) is 1. The van der Waals surface area contributed by atoms with Crippen LogP contribution in [0.4, 0.5) is 10.4 Å². The van der Waals surface area contributed by atoms with Gasteiger partial charge in [-0.05, 0) is 19.1 Å². The van der Waals surface area contributed by atoms with E-state index in [1.807, 2.05) is 6.92 Å². The minimum atomic E-state index is -0.302. The molecule has 0 atom stereocenters. The number of halogens is 1. The molecule has 0 aliphatic carbocycles. The summed E-state index contributed by atoms with van der Waals surface area (Å²) in [4.78, 5) is 4.05. The van der Waals surface area contributed by atoms with Crippen LogP contribution in [0.3, 0.4) is 0 Å². The molecule has 68 valence electrons. The Hall–Kier alpha value is -1.58. The van der Waals surface area contributed by atoms with Crippen LogP contribution in [0.15, 0.2) is 22.6 Å². The molecular weight excluding hydrogens is 171 g/mol. The van der Waals surface area contributed by atoms with Gasteiger partial charge in [0.05, 0.1) is 0 Å². The molecule has 0 radical (unpaired) electrons. The van der Waals surface area contributed by atoms with Gasteiger partial charge in [0.1, 0.15) is 11.3 Å². The van der Waals surface area contributed by atoms with Crippen molar-refractivity contribution >= 4 is 17.1 Å². The first-order chi connectivity index (χ1) is 6.29. The van der Waals surface area contributed by atoms with E-state index in [-0.39, 0.29) is 5.82 Å². The fraction of sp³-hybridized carbons (Fsp3) is 0.222. The zero-order valence-electron chi connectivity index (χ0n) is 7.17. The normalized spacial score (nSPS) is 10.6. The van der Waals surface area contributed by atoms with Crippen LogP contribution in [0, 0.1) is 5.82 Å². The lowest BCUT2D eigenvalue weighted by atomic mass is 10.3. The van der Waals surface area contributed by atoms with Crippen molar-refractivity contribution in [2.45, 2.75) is 6.92 Å². The van der Waals surface area contributed by atoms with Crippen LogP contribution in [-0.2, 0) is 0 Å². The molecule has 0 spiro atoms. The minimum absolute atomic E-state index is 0.302. The van der Waals surface area contributed by atoms with Crippen molar-refractivity contribution in [3.05, 3.63) is 24.0 Å². The highest BCUT2D eigenvalue weighted by Gasteiger charge is 2.04. The summed E-state index contributed by atoms with van der Waals surface area (Å²) < 4.78 is 18.0. The van der Waals surface area contributed by atoms with Crippen molar-refractivity contribution in [2.75, 3.05) is 11.9 Å². The molecule has 4 heteroatoms. The Bertz CT molecular complexity index is 424. The molecule has 0 fully saturated rings. The largest absolute Gasteiger partial charge is 0.424 e. The van der Waals surface area contributed by atoms with Crippen molar-refractivity contribution < 1.29 is 8.81 Å². The second kappa shape index (κ2) is 3.05. The summed E-state index contributed by atoms with van der Waals surface area (Å²) in [6, 6.07) is 4.70. The highest BCUT2D eigenvalue weighted by Crippen LogP contribution is 2.19. The third-order valence-corrected chi connectivity index (χ3v) is 1.68. The van der Waals surface area contributed by atoms with Gasteiger partial charge >= 0.3 is 0 Å². The Balaban J connectivity index is 2.49. The average Bonchev–Trinajstić information content (AvgIpc) is 2.46. The average molecular weight is 180 g/mol. The molecule has 1 aromatic heterocycles. The lowest BCUT2D eigenvalue weighted by Gasteiger charge is -1.91. The van der Waals surface area contributed by atoms with Gasteiger partial charge in [-0.15, -0.1) is 0 Å². The fourth-order valence-electron chi connectivity index (χ4n) is 1.13. The van der Waals surface area contributed by atoms with Gasteiger partial charge in [0.25, 0.3) is 6.01 Å². The van der Waals surface area contributed by atoms with E-state index in [1.165, 1.54) is 12.1 Å². The van der Waals surface area contributed by atoms with E-state index in [9.17, 15) is 4.39 Å². The summed E-state index contributed by atoms with van der Waals surface area (Å²) >= 11 is 0. The van der Waals surface area contributed by atoms with Crippen LogP contribution in [0.5, 0.6) is 0 Å². The number of nitrogens with zero attached hydrogens (tertiary/aromatic N) is 1. The zero-order valence-corrected chi connectivity index (χ0v) is 7.17. The quantitative estimate of drug-likeness (QED) is 0.771. The third-order valence-electron chi connectivity index (χ3n) is 1.68. The van der Waals surface area contributed by atoms with Crippen LogP contribution in [0.25, 0.3) is 11.1 Å². The topological polar surface area (TPSA) is 38.1 Å². The molecule has 0 aliphatic heterocycles. The first-order valence-corrected chi connectivity index (χ1v) is 4.09. The number of fused-ring (bicyclic) bond motifs is 1. The molecule has 13 heavy (non-hydrogen) atoms. The summed E-state index contributed by atoms with van der Waals surface area (Å²) in [5, 5.41) is 2.92. The number of hydrogen-bond acceptors (Lipinski definition) is 3. The maximum Gasteiger partial charge on any atom is 0.295 e. The molecule has 0 saturated carbocycles. The number of rotatable bonds is 2. The van der Waals surface area contributed by atoms with E-state index in [0.717, 1.165) is 6.54 Å². The molecule has 1 N–H and O–H groups in total. The van der Waals surface area contributed by atoms with E-state index in [2.05, 4.69) is 10.3 Å². The Morgan fingerprint density at radius 2 is 2.38 bits per heavy atom. The first-order valence-electron chi connectivity index (χ1n) is 4.09. The number of nitrogens with one attached hydrogen (secondary N) is 1. The summed E-state index contributed by atoms with van der Waals surface area (Å²) in [7, 11) is 0. The molecular formula is C9H9FN2O. The Morgan fingerprint density at radius 3 is 3.15 bits per heavy atom. The van der Waals surface area contributed by atoms with Crippen molar-refractivity contribution in [3.63, 3.8) is 0 Å². The molecule has 3 nitrogen and oxygen atoms in total. The molecule has 0 unspecified atom stereocenters. The van der Waals surface area contributed by atoms with Gasteiger partial charge in [-0.25, -0.2) is 4.39 Å². The second-order valence-electron chi connectivity index (χ2n) is 2.66. The monoisotopic (exact) mass is 180 g/mol. The first kappa shape index (κ1) is 8.04. The van der Waals surface area contributed by atoms with Crippen molar-refractivity contribution in [1.82, 2.24) is 4.98 Å². The number of benzene rings is 1. The summed E-state index contributed by atoms with van der Waals surface area (Å²) in [5.74, 6) is -0.302. The van der Waals surface area contributed by atoms with Crippen LogP contribution < -0.4 is 5.32 Å². The van der Waals surface area contributed by atoms with E-state index >= 15 is 0 Å². The number of oxazole rings is 1. The standard InChI is InChI=1S/C9H9FN2O/c1-2-11-9-12-7-5-6(10)3-4-8(7)13-9/h3-5H,2H2,1H3,(H,11,12). The minimum Gasteiger partial charge on any atom is -0.424 e. The maximum absolute atomic E-state index is 12.7. The van der Waals surface area contributed by atoms with Crippen LogP contribution in [0.2, 0.25) is 0 Å². The molecule has 2 aromatic rings. The molecule has 1 heterocycles. The van der Waals surface area contributed by atoms with Gasteiger partial charge in [0.2, 0.25) is 0 Å². The molecule has 0 bridgehead atoms. The van der Waals surface area contributed by atoms with Crippen molar-refractivity contribution in [3.8, 4) is 0 Å². The fourth-order valence-corrected chi connectivity index (χ4v) is 1.13. The SMILES string of the molecule is CCNc1nc2cc(F)ccc2o1. The van der Waals surface area contributed by atoms with Crippen LogP contribution in [-0.4, -0.2) is 11.5 Å². The predicted molar refractivity (Wildman–Crippen MR) is 48.1 cm³/mol. The van der Waals surface area contributed by atoms with Crippen molar-refractivity contribution in [2.24, 2.45) is 0 Å². The van der Waals surface area contributed by atoms with Gasteiger partial charge in [-0.3, -0.25) is 0 Å².